The summed E-state index contributed by atoms with van der Waals surface area (Å²) < 4.78 is 0. The molecule has 4 nitrogen and oxygen atoms in total. The van der Waals surface area contributed by atoms with Gasteiger partial charge in [-0.3, -0.25) is 9.59 Å². The zero-order valence-corrected chi connectivity index (χ0v) is 13.2. The average Bonchev–Trinajstić information content (AvgIpc) is 2.43. The first kappa shape index (κ1) is 16.9. The number of rotatable bonds is 7. The first-order chi connectivity index (χ1) is 9.54. The molecule has 2 N–H and O–H groups in total. The van der Waals surface area contributed by atoms with E-state index in [9.17, 15) is 9.59 Å². The van der Waals surface area contributed by atoms with Gasteiger partial charge in [0.2, 0.25) is 11.8 Å². The van der Waals surface area contributed by atoms with Crippen molar-refractivity contribution in [3.05, 3.63) is 29.3 Å². The summed E-state index contributed by atoms with van der Waals surface area (Å²) >= 11 is 7.36. The molecule has 6 heteroatoms. The number of thioether (sulfide) groups is 1. The van der Waals surface area contributed by atoms with Crippen LogP contribution in [-0.2, 0) is 9.59 Å². The summed E-state index contributed by atoms with van der Waals surface area (Å²) in [5.74, 6) is -0.119. The minimum Gasteiger partial charge on any atom is -0.354 e. The summed E-state index contributed by atoms with van der Waals surface area (Å²) in [6.45, 7) is 4.26. The highest BCUT2D eigenvalue weighted by Crippen LogP contribution is 2.26. The number of hydrogen-bond acceptors (Lipinski definition) is 3. The Balaban J connectivity index is 2.37. The van der Waals surface area contributed by atoms with Crippen LogP contribution in [0.4, 0.5) is 0 Å². The maximum atomic E-state index is 11.8. The zero-order chi connectivity index (χ0) is 15.0. The average molecular weight is 315 g/mol. The molecule has 1 aromatic carbocycles. The molecule has 0 heterocycles. The van der Waals surface area contributed by atoms with Crippen LogP contribution in [0, 0.1) is 0 Å². The Morgan fingerprint density at radius 1 is 1.35 bits per heavy atom. The van der Waals surface area contributed by atoms with Crippen molar-refractivity contribution in [3.8, 4) is 0 Å². The fourth-order valence-electron chi connectivity index (χ4n) is 1.46. The molecule has 0 saturated carbocycles. The van der Waals surface area contributed by atoms with Crippen molar-refractivity contribution < 1.29 is 9.59 Å². The van der Waals surface area contributed by atoms with Crippen LogP contribution in [0.15, 0.2) is 29.2 Å². The van der Waals surface area contributed by atoms with E-state index < -0.39 is 6.04 Å². The maximum absolute atomic E-state index is 11.8. The van der Waals surface area contributed by atoms with Gasteiger partial charge >= 0.3 is 0 Å². The van der Waals surface area contributed by atoms with Gasteiger partial charge in [-0.15, -0.1) is 11.8 Å². The van der Waals surface area contributed by atoms with E-state index in [-0.39, 0.29) is 17.6 Å². The molecule has 0 aliphatic carbocycles. The standard InChI is InChI=1S/C14H19ClN2O2S/c1-3-8-16-14(19)10(2)17-13(18)9-20-12-7-5-4-6-11(12)15/h4-7,10H,3,8-9H2,1-2H3,(H,16,19)(H,17,18)/t10-/m1/s1. The van der Waals surface area contributed by atoms with Crippen LogP contribution in [0.2, 0.25) is 5.02 Å². The molecule has 1 atom stereocenters. The molecular formula is C14H19ClN2O2S. The van der Waals surface area contributed by atoms with E-state index in [1.165, 1.54) is 11.8 Å². The van der Waals surface area contributed by atoms with E-state index in [4.69, 9.17) is 11.6 Å². The van der Waals surface area contributed by atoms with Gasteiger partial charge in [0.15, 0.2) is 0 Å². The smallest absolute Gasteiger partial charge is 0.242 e. The summed E-state index contributed by atoms with van der Waals surface area (Å²) in [5, 5.41) is 6.03. The van der Waals surface area contributed by atoms with E-state index >= 15 is 0 Å². The minimum atomic E-state index is -0.527. The van der Waals surface area contributed by atoms with E-state index in [0.29, 0.717) is 11.6 Å². The van der Waals surface area contributed by atoms with Gasteiger partial charge in [0, 0.05) is 11.4 Å². The van der Waals surface area contributed by atoms with Gasteiger partial charge in [0.05, 0.1) is 10.8 Å². The lowest BCUT2D eigenvalue weighted by Gasteiger charge is -2.13. The molecule has 0 aliphatic heterocycles. The SMILES string of the molecule is CCCNC(=O)[C@@H](C)NC(=O)CSc1ccccc1Cl. The van der Waals surface area contributed by atoms with Crippen LogP contribution in [-0.4, -0.2) is 30.2 Å². The molecule has 2 amide bonds. The Morgan fingerprint density at radius 3 is 2.70 bits per heavy atom. The predicted octanol–water partition coefficient (Wildman–Crippen LogP) is 2.46. The van der Waals surface area contributed by atoms with Crippen molar-refractivity contribution in [2.75, 3.05) is 12.3 Å². The minimum absolute atomic E-state index is 0.164. The second-order valence-electron chi connectivity index (χ2n) is 4.30. The van der Waals surface area contributed by atoms with Gasteiger partial charge in [-0.05, 0) is 25.5 Å². The van der Waals surface area contributed by atoms with Gasteiger partial charge in [0.1, 0.15) is 6.04 Å². The number of amides is 2. The molecule has 0 unspecified atom stereocenters. The molecule has 0 saturated heterocycles. The number of nitrogens with one attached hydrogen (secondary N) is 2. The summed E-state index contributed by atoms with van der Waals surface area (Å²) in [5.41, 5.74) is 0. The normalized spacial score (nSPS) is 11.8. The molecule has 110 valence electrons. The van der Waals surface area contributed by atoms with Crippen molar-refractivity contribution in [1.29, 1.82) is 0 Å². The van der Waals surface area contributed by atoms with Gasteiger partial charge in [0.25, 0.3) is 0 Å². The zero-order valence-electron chi connectivity index (χ0n) is 11.6. The Labute approximate surface area is 128 Å². The summed E-state index contributed by atoms with van der Waals surface area (Å²) in [4.78, 5) is 24.2. The first-order valence-electron chi connectivity index (χ1n) is 6.49. The first-order valence-corrected chi connectivity index (χ1v) is 7.85. The quantitative estimate of drug-likeness (QED) is 0.760. The largest absolute Gasteiger partial charge is 0.354 e. The van der Waals surface area contributed by atoms with Crippen LogP contribution < -0.4 is 10.6 Å². The Bertz CT molecular complexity index is 468. The molecule has 20 heavy (non-hydrogen) atoms. The lowest BCUT2D eigenvalue weighted by molar-refractivity contribution is -0.127. The van der Waals surface area contributed by atoms with Gasteiger partial charge in [-0.2, -0.15) is 0 Å². The van der Waals surface area contributed by atoms with Crippen molar-refractivity contribution >= 4 is 35.2 Å². The monoisotopic (exact) mass is 314 g/mol. The highest BCUT2D eigenvalue weighted by Gasteiger charge is 2.15. The second kappa shape index (κ2) is 8.87. The Morgan fingerprint density at radius 2 is 2.05 bits per heavy atom. The lowest BCUT2D eigenvalue weighted by atomic mass is 10.3. The molecule has 1 rings (SSSR count). The van der Waals surface area contributed by atoms with Crippen molar-refractivity contribution in [2.24, 2.45) is 0 Å². The van der Waals surface area contributed by atoms with E-state index in [1.807, 2.05) is 25.1 Å². The second-order valence-corrected chi connectivity index (χ2v) is 5.72. The molecule has 0 bridgehead atoms. The van der Waals surface area contributed by atoms with Crippen molar-refractivity contribution in [2.45, 2.75) is 31.2 Å². The van der Waals surface area contributed by atoms with Crippen LogP contribution in [0.5, 0.6) is 0 Å². The van der Waals surface area contributed by atoms with Crippen molar-refractivity contribution in [3.63, 3.8) is 0 Å². The number of benzene rings is 1. The highest BCUT2D eigenvalue weighted by atomic mass is 35.5. The van der Waals surface area contributed by atoms with Crippen LogP contribution in [0.25, 0.3) is 0 Å². The third-order valence-electron chi connectivity index (χ3n) is 2.52. The van der Waals surface area contributed by atoms with E-state index in [0.717, 1.165) is 11.3 Å². The third kappa shape index (κ3) is 5.84. The lowest BCUT2D eigenvalue weighted by Crippen LogP contribution is -2.45. The van der Waals surface area contributed by atoms with Crippen LogP contribution >= 0.6 is 23.4 Å². The fraction of sp³-hybridized carbons (Fsp3) is 0.429. The molecule has 0 radical (unpaired) electrons. The summed E-state index contributed by atoms with van der Waals surface area (Å²) in [6.07, 6.45) is 0.870. The Hall–Kier alpha value is -1.20. The van der Waals surface area contributed by atoms with Crippen LogP contribution in [0.1, 0.15) is 20.3 Å². The van der Waals surface area contributed by atoms with Gasteiger partial charge < -0.3 is 10.6 Å². The molecule has 0 aromatic heterocycles. The molecule has 0 spiro atoms. The fourth-order valence-corrected chi connectivity index (χ4v) is 2.51. The maximum Gasteiger partial charge on any atom is 0.242 e. The van der Waals surface area contributed by atoms with Crippen molar-refractivity contribution in [1.82, 2.24) is 10.6 Å². The third-order valence-corrected chi connectivity index (χ3v) is 4.03. The van der Waals surface area contributed by atoms with E-state index in [1.54, 1.807) is 13.0 Å². The molecular weight excluding hydrogens is 296 g/mol. The topological polar surface area (TPSA) is 58.2 Å². The molecule has 1 aromatic rings. The predicted molar refractivity (Wildman–Crippen MR) is 83.1 cm³/mol. The number of carbonyl (C=O) groups excluding carboxylic acids is 2. The highest BCUT2D eigenvalue weighted by molar-refractivity contribution is 8.00. The summed E-state index contributed by atoms with van der Waals surface area (Å²) in [6, 6.07) is 6.82. The summed E-state index contributed by atoms with van der Waals surface area (Å²) in [7, 11) is 0. The molecule has 0 aliphatic rings. The van der Waals surface area contributed by atoms with Gasteiger partial charge in [-0.1, -0.05) is 30.7 Å². The Kier molecular flexibility index (Phi) is 7.47. The van der Waals surface area contributed by atoms with E-state index in [2.05, 4.69) is 10.6 Å². The van der Waals surface area contributed by atoms with Crippen LogP contribution in [0.3, 0.4) is 0 Å². The number of carbonyl (C=O) groups is 2. The van der Waals surface area contributed by atoms with Gasteiger partial charge in [-0.25, -0.2) is 0 Å². The number of hydrogen-bond donors (Lipinski definition) is 2. The number of halogens is 1. The molecule has 0 fully saturated rings.